The molecule has 3 heterocycles. The van der Waals surface area contributed by atoms with E-state index in [1.54, 1.807) is 12.4 Å². The van der Waals surface area contributed by atoms with Crippen molar-refractivity contribution in [1.82, 2.24) is 15.0 Å². The molecule has 2 aliphatic carbocycles. The predicted octanol–water partition coefficient (Wildman–Crippen LogP) is 1.95. The second-order valence-corrected chi connectivity index (χ2v) is 6.86. The molecule has 27 heavy (non-hydrogen) atoms. The minimum Gasteiger partial charge on any atom is -0.454 e. The van der Waals surface area contributed by atoms with E-state index in [0.717, 1.165) is 46.3 Å². The van der Waals surface area contributed by atoms with E-state index >= 15 is 0 Å². The number of ether oxygens (including phenoxy) is 2. The fourth-order valence-corrected chi connectivity index (χ4v) is 3.84. The lowest BCUT2D eigenvalue weighted by Crippen LogP contribution is -2.37. The Hall–Kier alpha value is -3.15. The number of nitrogens with zero attached hydrogens (tertiary/aromatic N) is 3. The average molecular weight is 360 g/mol. The lowest BCUT2D eigenvalue weighted by atomic mass is 9.82. The molecule has 6 heteroatoms. The van der Waals surface area contributed by atoms with Crippen molar-refractivity contribution in [3.63, 3.8) is 0 Å². The Labute approximate surface area is 157 Å². The van der Waals surface area contributed by atoms with Gasteiger partial charge < -0.3 is 14.8 Å². The van der Waals surface area contributed by atoms with E-state index in [1.165, 1.54) is 0 Å². The Balaban J connectivity index is 1.53. The second kappa shape index (κ2) is 6.54. The maximum absolute atomic E-state index is 5.56. The number of rotatable bonds is 3. The molecule has 1 fully saturated rings. The van der Waals surface area contributed by atoms with E-state index in [4.69, 9.17) is 19.4 Å². The first-order chi connectivity index (χ1) is 13.3. The smallest absolute Gasteiger partial charge is 0.231 e. The molecule has 0 aromatic carbocycles. The molecule has 0 spiro atoms. The minimum atomic E-state index is 0.322. The van der Waals surface area contributed by atoms with Crippen molar-refractivity contribution in [1.29, 1.82) is 0 Å². The van der Waals surface area contributed by atoms with E-state index in [2.05, 4.69) is 34.6 Å². The number of hydrogen-bond donors (Lipinski definition) is 1. The number of hydrogen-bond acceptors (Lipinski definition) is 6. The average Bonchev–Trinajstić information content (AvgIpc) is 3.21. The first kappa shape index (κ1) is 16.1. The van der Waals surface area contributed by atoms with Crippen molar-refractivity contribution in [2.75, 3.05) is 19.2 Å². The van der Waals surface area contributed by atoms with Gasteiger partial charge in [0.15, 0.2) is 17.3 Å². The fraction of sp³-hybridized carbons (Fsp3) is 0.286. The Morgan fingerprint density at radius 2 is 1.89 bits per heavy atom. The standard InChI is InChI=1S/C21H20N4O2/c1-22-21-16-9-13(14-5-7-18-19(10-14)27-12-26-18)4-6-17(16)24-20(25-21)15-3-2-8-23-11-15/h2-3,6-11,13-14H,4-5,12H2,1H3,(H,22,24,25). The molecule has 1 aliphatic heterocycles. The molecule has 2 unspecified atom stereocenters. The van der Waals surface area contributed by atoms with Crippen LogP contribution in [-0.4, -0.2) is 28.8 Å². The van der Waals surface area contributed by atoms with Crippen LogP contribution in [0.4, 0.5) is 5.82 Å². The highest BCUT2D eigenvalue weighted by Gasteiger charge is 2.27. The Kier molecular flexibility index (Phi) is 3.89. The summed E-state index contributed by atoms with van der Waals surface area (Å²) in [6, 6.07) is 3.88. The van der Waals surface area contributed by atoms with Crippen LogP contribution >= 0.6 is 0 Å². The molecule has 0 radical (unpaired) electrons. The van der Waals surface area contributed by atoms with Gasteiger partial charge in [0.05, 0.1) is 5.35 Å². The van der Waals surface area contributed by atoms with Crippen LogP contribution in [0.15, 0.2) is 48.2 Å². The Bertz CT molecular complexity index is 1060. The second-order valence-electron chi connectivity index (χ2n) is 6.86. The van der Waals surface area contributed by atoms with E-state index in [-0.39, 0.29) is 0 Å². The topological polar surface area (TPSA) is 69.2 Å². The van der Waals surface area contributed by atoms with Crippen LogP contribution in [0.2, 0.25) is 0 Å². The molecule has 1 saturated heterocycles. The molecular weight excluding hydrogens is 340 g/mol. The summed E-state index contributed by atoms with van der Waals surface area (Å²) in [6.45, 7) is 0.322. The maximum Gasteiger partial charge on any atom is 0.231 e. The molecule has 2 atom stereocenters. The van der Waals surface area contributed by atoms with Gasteiger partial charge in [-0.3, -0.25) is 4.98 Å². The lowest BCUT2D eigenvalue weighted by Gasteiger charge is -2.24. The van der Waals surface area contributed by atoms with Gasteiger partial charge in [0.25, 0.3) is 0 Å². The number of nitrogens with one attached hydrogen (secondary N) is 1. The minimum absolute atomic E-state index is 0.322. The van der Waals surface area contributed by atoms with Crippen molar-refractivity contribution >= 4 is 18.0 Å². The van der Waals surface area contributed by atoms with Crippen LogP contribution in [0, 0.1) is 11.8 Å². The van der Waals surface area contributed by atoms with Crippen LogP contribution in [0.25, 0.3) is 23.5 Å². The number of allylic oxidation sites excluding steroid dienone is 2. The zero-order chi connectivity index (χ0) is 18.2. The van der Waals surface area contributed by atoms with Gasteiger partial charge in [-0.05, 0) is 49.0 Å². The maximum atomic E-state index is 5.56. The summed E-state index contributed by atoms with van der Waals surface area (Å²) in [4.78, 5) is 13.7. The molecular formula is C21H20N4O2. The highest BCUT2D eigenvalue weighted by molar-refractivity contribution is 5.58. The summed E-state index contributed by atoms with van der Waals surface area (Å²) in [5, 5.41) is 5.28. The van der Waals surface area contributed by atoms with Gasteiger partial charge in [-0.1, -0.05) is 12.2 Å². The van der Waals surface area contributed by atoms with Crippen LogP contribution in [0.3, 0.4) is 0 Å². The van der Waals surface area contributed by atoms with Gasteiger partial charge in [-0.15, -0.1) is 0 Å². The molecule has 5 rings (SSSR count). The Morgan fingerprint density at radius 1 is 1.04 bits per heavy atom. The zero-order valence-electron chi connectivity index (χ0n) is 15.1. The fourth-order valence-electron chi connectivity index (χ4n) is 3.84. The first-order valence-corrected chi connectivity index (χ1v) is 9.18. The van der Waals surface area contributed by atoms with Gasteiger partial charge in [-0.2, -0.15) is 0 Å². The molecule has 2 aromatic rings. The third-order valence-corrected chi connectivity index (χ3v) is 5.26. The summed E-state index contributed by atoms with van der Waals surface area (Å²) >= 11 is 0. The summed E-state index contributed by atoms with van der Waals surface area (Å²) < 4.78 is 11.0. The van der Waals surface area contributed by atoms with Crippen LogP contribution in [0.5, 0.6) is 0 Å². The van der Waals surface area contributed by atoms with E-state index in [9.17, 15) is 0 Å². The largest absolute Gasteiger partial charge is 0.454 e. The molecule has 0 saturated carbocycles. The first-order valence-electron chi connectivity index (χ1n) is 9.18. The third kappa shape index (κ3) is 2.87. The quantitative estimate of drug-likeness (QED) is 0.902. The van der Waals surface area contributed by atoms with Crippen molar-refractivity contribution in [2.45, 2.75) is 12.8 Å². The van der Waals surface area contributed by atoms with E-state index in [1.807, 2.05) is 19.2 Å². The summed E-state index contributed by atoms with van der Waals surface area (Å²) in [6.07, 6.45) is 14.3. The van der Waals surface area contributed by atoms with Crippen molar-refractivity contribution < 1.29 is 9.47 Å². The monoisotopic (exact) mass is 360 g/mol. The van der Waals surface area contributed by atoms with Gasteiger partial charge >= 0.3 is 0 Å². The number of fused-ring (bicyclic) bond motifs is 2. The number of anilines is 1. The van der Waals surface area contributed by atoms with Crippen LogP contribution in [-0.2, 0) is 9.47 Å². The lowest BCUT2D eigenvalue weighted by molar-refractivity contribution is 0.0976. The zero-order valence-corrected chi connectivity index (χ0v) is 15.1. The SMILES string of the molecule is CNc1nc(-c2cccnc2)nc2c1=CC(C1C=C3OCOC3=CC1)CC=2. The highest BCUT2D eigenvalue weighted by Crippen LogP contribution is 2.35. The van der Waals surface area contributed by atoms with E-state index < -0.39 is 0 Å². The predicted molar refractivity (Wildman–Crippen MR) is 102 cm³/mol. The normalized spacial score (nSPS) is 22.7. The van der Waals surface area contributed by atoms with Gasteiger partial charge in [0.1, 0.15) is 5.82 Å². The molecule has 2 aromatic heterocycles. The molecule has 6 nitrogen and oxygen atoms in total. The van der Waals surface area contributed by atoms with Crippen LogP contribution in [0.1, 0.15) is 12.8 Å². The van der Waals surface area contributed by atoms with E-state index in [0.29, 0.717) is 24.5 Å². The molecule has 136 valence electrons. The third-order valence-electron chi connectivity index (χ3n) is 5.26. The number of aromatic nitrogens is 3. The van der Waals surface area contributed by atoms with Crippen molar-refractivity contribution in [3.05, 3.63) is 58.8 Å². The molecule has 3 aliphatic rings. The summed E-state index contributed by atoms with van der Waals surface area (Å²) in [5.74, 6) is 4.07. The van der Waals surface area contributed by atoms with Gasteiger partial charge in [0, 0.05) is 30.2 Å². The van der Waals surface area contributed by atoms with Gasteiger partial charge in [0.2, 0.25) is 6.79 Å². The molecule has 1 N–H and O–H groups in total. The van der Waals surface area contributed by atoms with Crippen LogP contribution < -0.4 is 15.9 Å². The molecule has 0 amide bonds. The van der Waals surface area contributed by atoms with Gasteiger partial charge in [-0.25, -0.2) is 9.97 Å². The van der Waals surface area contributed by atoms with Crippen molar-refractivity contribution in [2.24, 2.45) is 11.8 Å². The number of pyridine rings is 1. The summed E-state index contributed by atoms with van der Waals surface area (Å²) in [7, 11) is 1.90. The highest BCUT2D eigenvalue weighted by atomic mass is 16.7. The Morgan fingerprint density at radius 3 is 2.74 bits per heavy atom. The summed E-state index contributed by atoms with van der Waals surface area (Å²) in [5.41, 5.74) is 0.917. The molecule has 0 bridgehead atoms. The van der Waals surface area contributed by atoms with Crippen molar-refractivity contribution in [3.8, 4) is 11.4 Å².